The lowest BCUT2D eigenvalue weighted by Gasteiger charge is -2.31. The fourth-order valence-corrected chi connectivity index (χ4v) is 4.64. The normalized spacial score (nSPS) is 23.5. The molecule has 0 spiro atoms. The maximum atomic E-state index is 13.1. The minimum atomic E-state index is -4.77. The van der Waals surface area contributed by atoms with E-state index in [1.165, 1.54) is 23.5 Å². The van der Waals surface area contributed by atoms with Gasteiger partial charge in [-0.15, -0.1) is 11.3 Å². The van der Waals surface area contributed by atoms with Crippen LogP contribution >= 0.6 is 11.3 Å². The van der Waals surface area contributed by atoms with Crippen LogP contribution in [0.4, 0.5) is 19.2 Å². The minimum absolute atomic E-state index is 0.273. The van der Waals surface area contributed by atoms with Gasteiger partial charge in [0.15, 0.2) is 11.7 Å². The molecule has 0 aliphatic carbocycles. The van der Waals surface area contributed by atoms with Crippen LogP contribution in [0.15, 0.2) is 28.1 Å². The summed E-state index contributed by atoms with van der Waals surface area (Å²) in [6, 6.07) is 3.67. The smallest absolute Gasteiger partial charge is 0.418 e. The Hall–Kier alpha value is -2.17. The van der Waals surface area contributed by atoms with E-state index in [1.807, 2.05) is 4.90 Å². The molecular formula is C18H17F3N4O2S. The number of aromatic nitrogens is 2. The third-order valence-corrected chi connectivity index (χ3v) is 6.08. The number of hydrogen-bond donors (Lipinski definition) is 2. The predicted molar refractivity (Wildman–Crippen MR) is 98.3 cm³/mol. The van der Waals surface area contributed by atoms with Crippen LogP contribution in [0.3, 0.4) is 0 Å². The van der Waals surface area contributed by atoms with Crippen molar-refractivity contribution < 1.29 is 22.7 Å². The van der Waals surface area contributed by atoms with Gasteiger partial charge in [0.2, 0.25) is 0 Å². The van der Waals surface area contributed by atoms with Crippen LogP contribution in [0.25, 0.3) is 21.7 Å². The maximum absolute atomic E-state index is 13.1. The first-order chi connectivity index (χ1) is 13.4. The fourth-order valence-electron chi connectivity index (χ4n) is 3.99. The molecule has 10 heteroatoms. The Morgan fingerprint density at radius 3 is 2.64 bits per heavy atom. The van der Waals surface area contributed by atoms with Crippen molar-refractivity contribution in [3.63, 3.8) is 0 Å². The molecule has 2 N–H and O–H groups in total. The van der Waals surface area contributed by atoms with Gasteiger partial charge in [-0.05, 0) is 30.5 Å². The molecule has 5 rings (SSSR count). The van der Waals surface area contributed by atoms with Crippen molar-refractivity contribution >= 4 is 28.5 Å². The Morgan fingerprint density at radius 2 is 2.00 bits per heavy atom. The number of fused-ring (bicyclic) bond motifs is 3. The maximum Gasteiger partial charge on any atom is 0.418 e. The SMILES string of the molecule is O[C@H](c1cc(-c2nccs2)c2oc(N3CC4CCC(C3)N4)nc2c1)C(F)(F)F. The van der Waals surface area contributed by atoms with Crippen molar-refractivity contribution in [2.45, 2.75) is 37.2 Å². The first-order valence-electron chi connectivity index (χ1n) is 8.98. The van der Waals surface area contributed by atoms with Gasteiger partial charge in [0, 0.05) is 36.8 Å². The van der Waals surface area contributed by atoms with E-state index in [0.717, 1.165) is 25.9 Å². The molecule has 148 valence electrons. The summed E-state index contributed by atoms with van der Waals surface area (Å²) in [6.07, 6.45) is -3.60. The molecule has 28 heavy (non-hydrogen) atoms. The molecule has 2 unspecified atom stereocenters. The van der Waals surface area contributed by atoms with Crippen LogP contribution in [0.1, 0.15) is 24.5 Å². The number of alkyl halides is 3. The highest BCUT2D eigenvalue weighted by molar-refractivity contribution is 7.13. The number of thiazole rings is 1. The van der Waals surface area contributed by atoms with Gasteiger partial charge in [-0.3, -0.25) is 0 Å². The number of piperazine rings is 1. The highest BCUT2D eigenvalue weighted by atomic mass is 32.1. The van der Waals surface area contributed by atoms with Gasteiger partial charge in [0.05, 0.1) is 5.56 Å². The molecule has 3 aromatic rings. The minimum Gasteiger partial charge on any atom is -0.423 e. The van der Waals surface area contributed by atoms with E-state index < -0.39 is 12.3 Å². The van der Waals surface area contributed by atoms with Gasteiger partial charge >= 0.3 is 6.18 Å². The molecule has 2 aromatic heterocycles. The lowest BCUT2D eigenvalue weighted by atomic mass is 10.0. The number of halogens is 3. The lowest BCUT2D eigenvalue weighted by Crippen LogP contribution is -2.51. The number of aliphatic hydroxyl groups excluding tert-OH is 1. The van der Waals surface area contributed by atoms with Crippen molar-refractivity contribution in [2.24, 2.45) is 0 Å². The number of hydrogen-bond acceptors (Lipinski definition) is 7. The molecular weight excluding hydrogens is 393 g/mol. The number of rotatable bonds is 3. The van der Waals surface area contributed by atoms with E-state index in [4.69, 9.17) is 4.42 Å². The van der Waals surface area contributed by atoms with Crippen molar-refractivity contribution in [3.05, 3.63) is 29.3 Å². The van der Waals surface area contributed by atoms with Crippen LogP contribution in [0.5, 0.6) is 0 Å². The zero-order valence-electron chi connectivity index (χ0n) is 14.6. The Bertz CT molecular complexity index is 992. The molecule has 1 aromatic carbocycles. The molecule has 2 aliphatic rings. The zero-order valence-corrected chi connectivity index (χ0v) is 15.4. The summed E-state index contributed by atoms with van der Waals surface area (Å²) in [4.78, 5) is 10.7. The van der Waals surface area contributed by atoms with Crippen molar-refractivity contribution in [3.8, 4) is 10.6 Å². The third-order valence-electron chi connectivity index (χ3n) is 5.28. The van der Waals surface area contributed by atoms with E-state index in [2.05, 4.69) is 15.3 Å². The number of aliphatic hydroxyl groups is 1. The largest absolute Gasteiger partial charge is 0.423 e. The molecule has 0 radical (unpaired) electrons. The molecule has 4 heterocycles. The second-order valence-electron chi connectivity index (χ2n) is 7.24. The molecule has 2 saturated heterocycles. The van der Waals surface area contributed by atoms with Crippen LogP contribution in [0.2, 0.25) is 0 Å². The van der Waals surface area contributed by atoms with Crippen molar-refractivity contribution in [1.29, 1.82) is 0 Å². The average molecular weight is 410 g/mol. The lowest BCUT2D eigenvalue weighted by molar-refractivity contribution is -0.206. The van der Waals surface area contributed by atoms with Crippen LogP contribution < -0.4 is 10.2 Å². The Morgan fingerprint density at radius 1 is 1.25 bits per heavy atom. The first-order valence-corrected chi connectivity index (χ1v) is 9.86. The zero-order chi connectivity index (χ0) is 19.5. The molecule has 2 bridgehead atoms. The number of nitrogens with zero attached hydrogens (tertiary/aromatic N) is 3. The van der Waals surface area contributed by atoms with Gasteiger partial charge in [-0.1, -0.05) is 0 Å². The van der Waals surface area contributed by atoms with E-state index >= 15 is 0 Å². The monoisotopic (exact) mass is 410 g/mol. The second-order valence-corrected chi connectivity index (χ2v) is 8.13. The van der Waals surface area contributed by atoms with Crippen LogP contribution in [0, 0.1) is 0 Å². The summed E-state index contributed by atoms with van der Waals surface area (Å²) in [7, 11) is 0. The number of oxazole rings is 1. The summed E-state index contributed by atoms with van der Waals surface area (Å²) in [6.45, 7) is 1.49. The van der Waals surface area contributed by atoms with E-state index in [0.29, 0.717) is 34.3 Å². The highest BCUT2D eigenvalue weighted by Crippen LogP contribution is 2.39. The molecule has 2 fully saturated rings. The molecule has 2 aliphatic heterocycles. The van der Waals surface area contributed by atoms with Crippen LogP contribution in [-0.4, -0.2) is 46.4 Å². The standard InChI is InChI=1S/C18H17F3N4O2S/c19-18(20,21)15(26)9-5-12(16-22-3-4-28-16)14-13(6-9)24-17(27-14)25-7-10-1-2-11(8-25)23-10/h3-6,10-11,15,23,26H,1-2,7-8H2/t10?,11?,15-/m1/s1. The molecule has 0 saturated carbocycles. The van der Waals surface area contributed by atoms with Crippen molar-refractivity contribution in [1.82, 2.24) is 15.3 Å². The summed E-state index contributed by atoms with van der Waals surface area (Å²) in [5.41, 5.74) is 0.800. The van der Waals surface area contributed by atoms with Gasteiger partial charge in [0.1, 0.15) is 10.5 Å². The first kappa shape index (κ1) is 17.9. The third kappa shape index (κ3) is 3.05. The topological polar surface area (TPSA) is 74.4 Å². The van der Waals surface area contributed by atoms with E-state index in [1.54, 1.807) is 11.6 Å². The van der Waals surface area contributed by atoms with Crippen LogP contribution in [-0.2, 0) is 0 Å². The van der Waals surface area contributed by atoms with Gasteiger partial charge < -0.3 is 19.7 Å². The second kappa shape index (κ2) is 6.43. The average Bonchev–Trinajstić information content (AvgIpc) is 3.39. The van der Waals surface area contributed by atoms with E-state index in [9.17, 15) is 18.3 Å². The highest BCUT2D eigenvalue weighted by Gasteiger charge is 2.40. The summed E-state index contributed by atoms with van der Waals surface area (Å²) < 4.78 is 45.2. The number of nitrogens with one attached hydrogen (secondary N) is 1. The quantitative estimate of drug-likeness (QED) is 0.689. The Labute approximate surface area is 162 Å². The Kier molecular flexibility index (Phi) is 4.11. The van der Waals surface area contributed by atoms with Crippen molar-refractivity contribution in [2.75, 3.05) is 18.0 Å². The summed E-state index contributed by atoms with van der Waals surface area (Å²) in [5.74, 6) is 0. The van der Waals surface area contributed by atoms with Gasteiger partial charge in [-0.2, -0.15) is 18.2 Å². The van der Waals surface area contributed by atoms with E-state index in [-0.39, 0.29) is 11.1 Å². The number of anilines is 1. The molecule has 0 amide bonds. The molecule has 3 atom stereocenters. The molecule has 6 nitrogen and oxygen atoms in total. The summed E-state index contributed by atoms with van der Waals surface area (Å²) >= 11 is 1.29. The predicted octanol–water partition coefficient (Wildman–Crippen LogP) is 3.49. The summed E-state index contributed by atoms with van der Waals surface area (Å²) in [5, 5.41) is 15.5. The fraction of sp³-hybridized carbons (Fsp3) is 0.444. The Balaban J connectivity index is 1.61. The van der Waals surface area contributed by atoms with Gasteiger partial charge in [0.25, 0.3) is 6.01 Å². The number of benzene rings is 1. The van der Waals surface area contributed by atoms with Gasteiger partial charge in [-0.25, -0.2) is 4.98 Å².